The Balaban J connectivity index is 2.24. The molecular weight excluding hydrogens is 435 g/mol. The molecule has 0 heterocycles. The van der Waals surface area contributed by atoms with Crippen LogP contribution in [0.1, 0.15) is 15.9 Å². The number of nitrogens with one attached hydrogen (secondary N) is 1. The fourth-order valence-corrected chi connectivity index (χ4v) is 2.78. The second-order valence-electron chi connectivity index (χ2n) is 4.90. The van der Waals surface area contributed by atoms with Crippen LogP contribution in [0.15, 0.2) is 48.0 Å². The van der Waals surface area contributed by atoms with Crippen molar-refractivity contribution < 1.29 is 19.4 Å². The second-order valence-corrected chi connectivity index (χ2v) is 6.07. The summed E-state index contributed by atoms with van der Waals surface area (Å²) in [5, 5.41) is 20.7. The topological polar surface area (TPSA) is 99.4 Å². The summed E-state index contributed by atoms with van der Waals surface area (Å²) < 4.78 is 6.02. The van der Waals surface area contributed by atoms with Gasteiger partial charge in [0.25, 0.3) is 5.91 Å². The van der Waals surface area contributed by atoms with Crippen molar-refractivity contribution in [3.05, 3.63) is 62.7 Å². The van der Waals surface area contributed by atoms with Gasteiger partial charge in [0.2, 0.25) is 0 Å². The van der Waals surface area contributed by atoms with E-state index in [9.17, 15) is 14.9 Å². The molecule has 0 unspecified atom stereocenters. The predicted octanol–water partition coefficient (Wildman–Crippen LogP) is 3.54. The molecule has 0 spiro atoms. The first-order valence-corrected chi connectivity index (χ1v) is 8.12. The zero-order valence-electron chi connectivity index (χ0n) is 13.1. The van der Waals surface area contributed by atoms with Crippen LogP contribution in [0.4, 0.5) is 5.69 Å². The Kier molecular flexibility index (Phi) is 6.14. The van der Waals surface area contributed by atoms with Gasteiger partial charge in [0.05, 0.1) is 16.2 Å². The molecule has 25 heavy (non-hydrogen) atoms. The summed E-state index contributed by atoms with van der Waals surface area (Å²) in [7, 11) is 1.56. The summed E-state index contributed by atoms with van der Waals surface area (Å²) in [5.74, 6) is -1.01. The number of rotatable bonds is 5. The fourth-order valence-electron chi connectivity index (χ4n) is 2.02. The number of amides is 1. The Morgan fingerprint density at radius 3 is 2.64 bits per heavy atom. The molecule has 0 aromatic heterocycles. The zero-order chi connectivity index (χ0) is 18.4. The number of carbonyl (C=O) groups is 2. The van der Waals surface area contributed by atoms with Gasteiger partial charge in [0, 0.05) is 5.69 Å². The molecule has 0 saturated heterocycles. The molecule has 1 amide bonds. The Morgan fingerprint density at radius 2 is 2.04 bits per heavy atom. The molecule has 0 aliphatic carbocycles. The monoisotopic (exact) mass is 448 g/mol. The quantitative estimate of drug-likeness (QED) is 0.414. The van der Waals surface area contributed by atoms with Crippen LogP contribution in [0.25, 0.3) is 6.08 Å². The van der Waals surface area contributed by atoms with Gasteiger partial charge in [-0.3, -0.25) is 4.79 Å². The number of nitrogens with zero attached hydrogens (tertiary/aromatic N) is 1. The lowest BCUT2D eigenvalue weighted by atomic mass is 10.1. The normalized spacial score (nSPS) is 10.7. The van der Waals surface area contributed by atoms with E-state index in [-0.39, 0.29) is 11.1 Å². The van der Waals surface area contributed by atoms with Gasteiger partial charge in [-0.15, -0.1) is 0 Å². The summed E-state index contributed by atoms with van der Waals surface area (Å²) in [4.78, 5) is 23.2. The third-order valence-electron chi connectivity index (χ3n) is 3.22. The molecule has 0 aliphatic heterocycles. The van der Waals surface area contributed by atoms with Crippen molar-refractivity contribution in [2.24, 2.45) is 0 Å². The van der Waals surface area contributed by atoms with E-state index in [1.165, 1.54) is 24.3 Å². The maximum Gasteiger partial charge on any atom is 0.335 e. The average Bonchev–Trinajstić information content (AvgIpc) is 2.59. The van der Waals surface area contributed by atoms with E-state index in [0.717, 1.165) is 3.57 Å². The van der Waals surface area contributed by atoms with E-state index < -0.39 is 11.9 Å². The standard InChI is InChI=1S/C18H13IN2O4/c1-25-16-6-5-11(8-15(16)19)7-13(10-20)17(22)21-14-4-2-3-12(9-14)18(23)24/h2-9H,1H3,(H,21,22)(H,23,24). The highest BCUT2D eigenvalue weighted by molar-refractivity contribution is 14.1. The summed E-state index contributed by atoms with van der Waals surface area (Å²) in [6.45, 7) is 0. The molecule has 0 atom stereocenters. The van der Waals surface area contributed by atoms with E-state index in [0.29, 0.717) is 17.0 Å². The number of benzene rings is 2. The average molecular weight is 448 g/mol. The van der Waals surface area contributed by atoms with Crippen LogP contribution < -0.4 is 10.1 Å². The minimum Gasteiger partial charge on any atom is -0.496 e. The van der Waals surface area contributed by atoms with E-state index in [4.69, 9.17) is 9.84 Å². The second kappa shape index (κ2) is 8.30. The molecule has 0 saturated carbocycles. The summed E-state index contributed by atoms with van der Waals surface area (Å²) in [5.41, 5.74) is 0.929. The van der Waals surface area contributed by atoms with E-state index >= 15 is 0 Å². The molecule has 6 nitrogen and oxygen atoms in total. The fraction of sp³-hybridized carbons (Fsp3) is 0.0556. The molecule has 2 N–H and O–H groups in total. The number of halogens is 1. The number of carboxylic acids is 1. The first kappa shape index (κ1) is 18.5. The van der Waals surface area contributed by atoms with Gasteiger partial charge in [0.1, 0.15) is 17.4 Å². The number of nitriles is 1. The van der Waals surface area contributed by atoms with Gasteiger partial charge in [0.15, 0.2) is 0 Å². The maximum atomic E-state index is 12.3. The Labute approximate surface area is 157 Å². The predicted molar refractivity (Wildman–Crippen MR) is 101 cm³/mol. The van der Waals surface area contributed by atoms with Crippen molar-refractivity contribution in [3.8, 4) is 11.8 Å². The largest absolute Gasteiger partial charge is 0.496 e. The minimum absolute atomic E-state index is 0.0463. The lowest BCUT2D eigenvalue weighted by molar-refractivity contribution is -0.112. The van der Waals surface area contributed by atoms with E-state index in [2.05, 4.69) is 27.9 Å². The van der Waals surface area contributed by atoms with E-state index in [1.807, 2.05) is 6.07 Å². The van der Waals surface area contributed by atoms with Crippen molar-refractivity contribution in [2.75, 3.05) is 12.4 Å². The number of hydrogen-bond donors (Lipinski definition) is 2. The molecule has 2 aromatic carbocycles. The Morgan fingerprint density at radius 1 is 1.28 bits per heavy atom. The number of carbonyl (C=O) groups excluding carboxylic acids is 1. The number of methoxy groups -OCH3 is 1. The Bertz CT molecular complexity index is 900. The van der Waals surface area contributed by atoms with Gasteiger partial charge in [-0.25, -0.2) is 4.79 Å². The lowest BCUT2D eigenvalue weighted by Gasteiger charge is -2.06. The molecule has 0 bridgehead atoms. The molecule has 7 heteroatoms. The summed E-state index contributed by atoms with van der Waals surface area (Å²) in [6, 6.07) is 12.9. The van der Waals surface area contributed by atoms with Gasteiger partial charge in [-0.1, -0.05) is 12.1 Å². The maximum absolute atomic E-state index is 12.3. The summed E-state index contributed by atoms with van der Waals surface area (Å²) >= 11 is 2.10. The van der Waals surface area contributed by atoms with Crippen LogP contribution >= 0.6 is 22.6 Å². The van der Waals surface area contributed by atoms with Crippen LogP contribution in [0.5, 0.6) is 5.75 Å². The molecular formula is C18H13IN2O4. The first-order chi connectivity index (χ1) is 11.9. The Hall–Kier alpha value is -2.86. The third-order valence-corrected chi connectivity index (χ3v) is 4.06. The van der Waals surface area contributed by atoms with Crippen LogP contribution in [0, 0.1) is 14.9 Å². The zero-order valence-corrected chi connectivity index (χ0v) is 15.3. The number of anilines is 1. The van der Waals surface area contributed by atoms with Crippen LogP contribution in [-0.2, 0) is 4.79 Å². The van der Waals surface area contributed by atoms with E-state index in [1.54, 1.807) is 31.4 Å². The van der Waals surface area contributed by atoms with Gasteiger partial charge in [-0.2, -0.15) is 5.26 Å². The molecule has 2 aromatic rings. The van der Waals surface area contributed by atoms with Crippen LogP contribution in [0.2, 0.25) is 0 Å². The first-order valence-electron chi connectivity index (χ1n) is 7.04. The lowest BCUT2D eigenvalue weighted by Crippen LogP contribution is -2.14. The van der Waals surface area contributed by atoms with Crippen molar-refractivity contribution in [1.82, 2.24) is 0 Å². The van der Waals surface area contributed by atoms with Crippen molar-refractivity contribution in [1.29, 1.82) is 5.26 Å². The van der Waals surface area contributed by atoms with Crippen LogP contribution in [0.3, 0.4) is 0 Å². The van der Waals surface area contributed by atoms with Crippen molar-refractivity contribution in [3.63, 3.8) is 0 Å². The SMILES string of the molecule is COc1ccc(C=C(C#N)C(=O)Nc2cccc(C(=O)O)c2)cc1I. The highest BCUT2D eigenvalue weighted by Gasteiger charge is 2.11. The molecule has 2 rings (SSSR count). The third kappa shape index (κ3) is 4.81. The highest BCUT2D eigenvalue weighted by Crippen LogP contribution is 2.23. The number of hydrogen-bond acceptors (Lipinski definition) is 4. The molecule has 0 aliphatic rings. The van der Waals surface area contributed by atoms with Crippen molar-refractivity contribution in [2.45, 2.75) is 0 Å². The van der Waals surface area contributed by atoms with Gasteiger partial charge in [-0.05, 0) is 64.6 Å². The molecule has 0 radical (unpaired) electrons. The highest BCUT2D eigenvalue weighted by atomic mass is 127. The molecule has 0 fully saturated rings. The smallest absolute Gasteiger partial charge is 0.335 e. The van der Waals surface area contributed by atoms with Gasteiger partial charge < -0.3 is 15.2 Å². The van der Waals surface area contributed by atoms with Gasteiger partial charge >= 0.3 is 5.97 Å². The number of ether oxygens (including phenoxy) is 1. The summed E-state index contributed by atoms with van der Waals surface area (Å²) in [6.07, 6.45) is 1.46. The van der Waals surface area contributed by atoms with Crippen LogP contribution in [-0.4, -0.2) is 24.1 Å². The van der Waals surface area contributed by atoms with Crippen molar-refractivity contribution >= 4 is 46.2 Å². The molecule has 126 valence electrons. The minimum atomic E-state index is -1.10. The number of aromatic carboxylic acids is 1. The number of carboxylic acid groups (broad SMARTS) is 1.